The van der Waals surface area contributed by atoms with Gasteiger partial charge in [-0.05, 0) is 18.6 Å². The highest BCUT2D eigenvalue weighted by atomic mass is 16.5. The highest BCUT2D eigenvalue weighted by Crippen LogP contribution is 2.17. The van der Waals surface area contributed by atoms with E-state index in [1.165, 1.54) is 6.92 Å². The molecule has 0 aliphatic heterocycles. The van der Waals surface area contributed by atoms with E-state index in [-0.39, 0.29) is 6.03 Å². The second kappa shape index (κ2) is 8.52. The average molecular weight is 279 g/mol. The van der Waals surface area contributed by atoms with Crippen molar-refractivity contribution in [2.24, 2.45) is 0 Å². The number of urea groups is 1. The fraction of sp³-hybridized carbons (Fsp3) is 0.308. The summed E-state index contributed by atoms with van der Waals surface area (Å²) in [5.74, 6) is -0.0558. The van der Waals surface area contributed by atoms with Crippen molar-refractivity contribution in [3.8, 4) is 5.75 Å². The Bertz CT molecular complexity index is 476. The van der Waals surface area contributed by atoms with Crippen LogP contribution in [0.1, 0.15) is 13.3 Å². The van der Waals surface area contributed by atoms with Gasteiger partial charge >= 0.3 is 12.0 Å². The molecule has 0 aliphatic carbocycles. The first kappa shape index (κ1) is 15.5. The van der Waals surface area contributed by atoms with Crippen LogP contribution in [-0.4, -0.2) is 31.5 Å². The maximum absolute atomic E-state index is 11.6. The van der Waals surface area contributed by atoms with Crippen LogP contribution in [0, 0.1) is 0 Å². The molecule has 0 fully saturated rings. The number of nitrogens with one attached hydrogen (secondary N) is 3. The van der Waals surface area contributed by atoms with E-state index in [1.807, 2.05) is 0 Å². The molecule has 108 valence electrons. The van der Waals surface area contributed by atoms with E-state index < -0.39 is 5.97 Å². The molecule has 1 aromatic carbocycles. The van der Waals surface area contributed by atoms with E-state index in [0.29, 0.717) is 37.4 Å². The highest BCUT2D eigenvalue weighted by molar-refractivity contribution is 5.89. The van der Waals surface area contributed by atoms with Gasteiger partial charge in [-0.1, -0.05) is 6.07 Å². The summed E-state index contributed by atoms with van der Waals surface area (Å²) in [6.07, 6.45) is 1.25. The number of ether oxygens (including phenoxy) is 1. The molecule has 7 nitrogen and oxygen atoms in total. The summed E-state index contributed by atoms with van der Waals surface area (Å²) in [7, 11) is 0. The van der Waals surface area contributed by atoms with E-state index in [0.717, 1.165) is 0 Å². The minimum absolute atomic E-state index is 0.365. The minimum atomic E-state index is -0.422. The predicted octanol–water partition coefficient (Wildman–Crippen LogP) is 0.869. The van der Waals surface area contributed by atoms with Gasteiger partial charge in [0.1, 0.15) is 5.75 Å². The van der Waals surface area contributed by atoms with E-state index in [9.17, 15) is 14.4 Å². The number of rotatable bonds is 7. The number of hydrogen-bond donors (Lipinski definition) is 3. The number of esters is 1. The molecule has 0 saturated heterocycles. The maximum atomic E-state index is 11.6. The minimum Gasteiger partial charge on any atom is -0.427 e. The summed E-state index contributed by atoms with van der Waals surface area (Å²) >= 11 is 0. The molecule has 0 saturated carbocycles. The zero-order valence-electron chi connectivity index (χ0n) is 11.1. The van der Waals surface area contributed by atoms with Crippen LogP contribution < -0.4 is 20.7 Å². The predicted molar refractivity (Wildman–Crippen MR) is 73.5 cm³/mol. The number of hydrogen-bond acceptors (Lipinski definition) is 4. The van der Waals surface area contributed by atoms with E-state index in [1.54, 1.807) is 24.3 Å². The van der Waals surface area contributed by atoms with Crippen molar-refractivity contribution in [2.75, 3.05) is 18.4 Å². The molecule has 0 bridgehead atoms. The third-order valence-electron chi connectivity index (χ3n) is 2.22. The summed E-state index contributed by atoms with van der Waals surface area (Å²) < 4.78 is 4.91. The van der Waals surface area contributed by atoms with Gasteiger partial charge in [-0.3, -0.25) is 9.59 Å². The van der Waals surface area contributed by atoms with Crippen molar-refractivity contribution in [2.45, 2.75) is 13.3 Å². The molecule has 0 heterocycles. The SMILES string of the molecule is CC(=O)Oc1cccc(NC(=O)NCCCNC=O)c1. The van der Waals surface area contributed by atoms with Gasteiger partial charge in [0.25, 0.3) is 0 Å². The third-order valence-corrected chi connectivity index (χ3v) is 2.22. The summed E-state index contributed by atoms with van der Waals surface area (Å²) in [5, 5.41) is 7.75. The molecule has 3 N–H and O–H groups in total. The van der Waals surface area contributed by atoms with E-state index in [4.69, 9.17) is 4.74 Å². The number of carbonyl (C=O) groups excluding carboxylic acids is 3. The summed E-state index contributed by atoms with van der Waals surface area (Å²) in [4.78, 5) is 32.4. The Morgan fingerprint density at radius 2 is 2.10 bits per heavy atom. The second-order valence-corrected chi connectivity index (χ2v) is 3.93. The van der Waals surface area contributed by atoms with Crippen LogP contribution in [0.4, 0.5) is 10.5 Å². The Hall–Kier alpha value is -2.57. The molecule has 3 amide bonds. The molecule has 0 unspecified atom stereocenters. The topological polar surface area (TPSA) is 96.5 Å². The lowest BCUT2D eigenvalue weighted by Crippen LogP contribution is -2.31. The first-order valence-corrected chi connectivity index (χ1v) is 6.12. The van der Waals surface area contributed by atoms with Crippen molar-refractivity contribution in [1.82, 2.24) is 10.6 Å². The highest BCUT2D eigenvalue weighted by Gasteiger charge is 2.03. The lowest BCUT2D eigenvalue weighted by molar-refractivity contribution is -0.131. The lowest BCUT2D eigenvalue weighted by atomic mass is 10.3. The fourth-order valence-electron chi connectivity index (χ4n) is 1.43. The van der Waals surface area contributed by atoms with Crippen LogP contribution in [-0.2, 0) is 9.59 Å². The van der Waals surface area contributed by atoms with E-state index in [2.05, 4.69) is 16.0 Å². The molecule has 7 heteroatoms. The van der Waals surface area contributed by atoms with E-state index >= 15 is 0 Å². The quantitative estimate of drug-likeness (QED) is 0.298. The Balaban J connectivity index is 2.37. The van der Waals surface area contributed by atoms with Crippen molar-refractivity contribution in [3.05, 3.63) is 24.3 Å². The lowest BCUT2D eigenvalue weighted by Gasteiger charge is -2.08. The zero-order chi connectivity index (χ0) is 14.8. The van der Waals surface area contributed by atoms with Gasteiger partial charge in [0.05, 0.1) is 0 Å². The largest absolute Gasteiger partial charge is 0.427 e. The van der Waals surface area contributed by atoms with Gasteiger partial charge in [-0.2, -0.15) is 0 Å². The summed E-state index contributed by atoms with van der Waals surface area (Å²) in [6, 6.07) is 6.16. The number of carbonyl (C=O) groups is 3. The van der Waals surface area contributed by atoms with Crippen LogP contribution >= 0.6 is 0 Å². The standard InChI is InChI=1S/C13H17N3O4/c1-10(18)20-12-5-2-4-11(8-12)16-13(19)15-7-3-6-14-9-17/h2,4-5,8-9H,3,6-7H2,1H3,(H,14,17)(H2,15,16,19). The van der Waals surface area contributed by atoms with Crippen molar-refractivity contribution >= 4 is 24.1 Å². The monoisotopic (exact) mass is 279 g/mol. The van der Waals surface area contributed by atoms with Crippen molar-refractivity contribution < 1.29 is 19.1 Å². The van der Waals surface area contributed by atoms with Crippen molar-refractivity contribution in [3.63, 3.8) is 0 Å². The maximum Gasteiger partial charge on any atom is 0.319 e. The van der Waals surface area contributed by atoms with Gasteiger partial charge in [-0.15, -0.1) is 0 Å². The van der Waals surface area contributed by atoms with Crippen LogP contribution in [0.5, 0.6) is 5.75 Å². The van der Waals surface area contributed by atoms with Gasteiger partial charge in [-0.25, -0.2) is 4.79 Å². The molecule has 0 spiro atoms. The number of amides is 3. The summed E-state index contributed by atoms with van der Waals surface area (Å²) in [6.45, 7) is 2.25. The first-order chi connectivity index (χ1) is 9.61. The van der Waals surface area contributed by atoms with Crippen LogP contribution in [0.3, 0.4) is 0 Å². The van der Waals surface area contributed by atoms with Crippen LogP contribution in [0.25, 0.3) is 0 Å². The van der Waals surface area contributed by atoms with Gasteiger partial charge in [0.2, 0.25) is 6.41 Å². The number of anilines is 1. The third kappa shape index (κ3) is 6.39. The normalized spacial score (nSPS) is 9.45. The van der Waals surface area contributed by atoms with Crippen LogP contribution in [0.2, 0.25) is 0 Å². The van der Waals surface area contributed by atoms with Gasteiger partial charge in [0, 0.05) is 31.8 Å². The number of benzene rings is 1. The Morgan fingerprint density at radius 3 is 2.80 bits per heavy atom. The van der Waals surface area contributed by atoms with Crippen LogP contribution in [0.15, 0.2) is 24.3 Å². The molecule has 20 heavy (non-hydrogen) atoms. The molecular formula is C13H17N3O4. The van der Waals surface area contributed by atoms with Gasteiger partial charge < -0.3 is 20.7 Å². The summed E-state index contributed by atoms with van der Waals surface area (Å²) in [5.41, 5.74) is 0.521. The molecule has 0 atom stereocenters. The average Bonchev–Trinajstić information content (AvgIpc) is 2.38. The Kier molecular flexibility index (Phi) is 6.60. The second-order valence-electron chi connectivity index (χ2n) is 3.93. The molecule has 0 aliphatic rings. The van der Waals surface area contributed by atoms with Gasteiger partial charge in [0.15, 0.2) is 0 Å². The fourth-order valence-corrected chi connectivity index (χ4v) is 1.43. The Labute approximate surface area is 116 Å². The Morgan fingerprint density at radius 1 is 1.30 bits per heavy atom. The molecule has 1 rings (SSSR count). The van der Waals surface area contributed by atoms with Crippen molar-refractivity contribution in [1.29, 1.82) is 0 Å². The molecule has 0 aromatic heterocycles. The smallest absolute Gasteiger partial charge is 0.319 e. The molecule has 1 aromatic rings. The molecular weight excluding hydrogens is 262 g/mol. The molecule has 0 radical (unpaired) electrons. The zero-order valence-corrected chi connectivity index (χ0v) is 11.1. The first-order valence-electron chi connectivity index (χ1n) is 6.12.